The summed E-state index contributed by atoms with van der Waals surface area (Å²) in [5.41, 5.74) is 4.39. The molecule has 0 unspecified atom stereocenters. The summed E-state index contributed by atoms with van der Waals surface area (Å²) in [6.45, 7) is 1.84. The van der Waals surface area contributed by atoms with Crippen LogP contribution in [0.3, 0.4) is 0 Å². The van der Waals surface area contributed by atoms with E-state index in [9.17, 15) is 13.2 Å². The highest BCUT2D eigenvalue weighted by Crippen LogP contribution is 2.25. The lowest BCUT2D eigenvalue weighted by Gasteiger charge is -2.17. The molecule has 0 radical (unpaired) electrons. The average molecular weight is 427 g/mol. The van der Waals surface area contributed by atoms with Crippen molar-refractivity contribution in [1.82, 2.24) is 35.5 Å². The molecule has 0 saturated carbocycles. The zero-order valence-electron chi connectivity index (χ0n) is 16.1. The molecule has 31 heavy (non-hydrogen) atoms. The van der Waals surface area contributed by atoms with Gasteiger partial charge in [0.05, 0.1) is 24.0 Å². The molecular formula is C20H16F3N7O. The third kappa shape index (κ3) is 3.91. The quantitative estimate of drug-likeness (QED) is 0.523. The standard InChI is InChI=1S/C20H16F3N7O/c21-15-6-14(19-27-28-20(31-19)18(22)23)8-25-17(15)10-30-9-16(26-29-30)12-2-1-11-3-4-24-7-13(11)5-12/h1-2,5-6,8-9,18,24H,3-4,7,10H2. The maximum absolute atomic E-state index is 14.5. The molecule has 158 valence electrons. The van der Waals surface area contributed by atoms with Gasteiger partial charge in [-0.1, -0.05) is 17.3 Å². The molecule has 0 saturated heterocycles. The van der Waals surface area contributed by atoms with Crippen LogP contribution in [0.1, 0.15) is 29.1 Å². The van der Waals surface area contributed by atoms with Crippen molar-refractivity contribution >= 4 is 0 Å². The second-order valence-electron chi connectivity index (χ2n) is 7.11. The van der Waals surface area contributed by atoms with Gasteiger partial charge in [-0.2, -0.15) is 8.78 Å². The number of halogens is 3. The van der Waals surface area contributed by atoms with E-state index < -0.39 is 18.1 Å². The van der Waals surface area contributed by atoms with Gasteiger partial charge in [-0.15, -0.1) is 15.3 Å². The molecule has 0 aliphatic carbocycles. The van der Waals surface area contributed by atoms with E-state index in [1.807, 2.05) is 6.07 Å². The van der Waals surface area contributed by atoms with Gasteiger partial charge in [0, 0.05) is 18.3 Å². The van der Waals surface area contributed by atoms with Crippen LogP contribution in [-0.4, -0.2) is 36.7 Å². The van der Waals surface area contributed by atoms with Gasteiger partial charge >= 0.3 is 6.43 Å². The highest BCUT2D eigenvalue weighted by atomic mass is 19.3. The number of pyridine rings is 1. The van der Waals surface area contributed by atoms with Crippen LogP contribution in [0.25, 0.3) is 22.7 Å². The third-order valence-electron chi connectivity index (χ3n) is 5.03. The highest BCUT2D eigenvalue weighted by Gasteiger charge is 2.19. The van der Waals surface area contributed by atoms with Crippen molar-refractivity contribution in [2.75, 3.05) is 6.54 Å². The minimum absolute atomic E-state index is 0.0533. The number of benzene rings is 1. The zero-order chi connectivity index (χ0) is 21.4. The molecule has 0 amide bonds. The van der Waals surface area contributed by atoms with Crippen molar-refractivity contribution in [2.45, 2.75) is 25.9 Å². The van der Waals surface area contributed by atoms with Crippen LogP contribution in [0.15, 0.2) is 41.1 Å². The molecule has 1 aliphatic heterocycles. The molecule has 1 N–H and O–H groups in total. The first-order valence-corrected chi connectivity index (χ1v) is 9.56. The molecule has 8 nitrogen and oxygen atoms in total. The molecule has 4 heterocycles. The Morgan fingerprint density at radius 2 is 2.00 bits per heavy atom. The first-order valence-electron chi connectivity index (χ1n) is 9.56. The minimum atomic E-state index is -2.90. The van der Waals surface area contributed by atoms with Crippen LogP contribution in [0, 0.1) is 5.82 Å². The Kier molecular flexibility index (Phi) is 4.94. The van der Waals surface area contributed by atoms with Crippen molar-refractivity contribution < 1.29 is 17.6 Å². The van der Waals surface area contributed by atoms with Gasteiger partial charge in [0.15, 0.2) is 0 Å². The van der Waals surface area contributed by atoms with E-state index in [1.54, 1.807) is 6.20 Å². The summed E-state index contributed by atoms with van der Waals surface area (Å²) in [4.78, 5) is 4.06. The van der Waals surface area contributed by atoms with E-state index in [2.05, 4.69) is 42.9 Å². The molecule has 0 spiro atoms. The third-order valence-corrected chi connectivity index (χ3v) is 5.03. The van der Waals surface area contributed by atoms with E-state index in [0.717, 1.165) is 31.1 Å². The highest BCUT2D eigenvalue weighted by molar-refractivity contribution is 5.60. The monoisotopic (exact) mass is 427 g/mol. The lowest BCUT2D eigenvalue weighted by atomic mass is 9.98. The predicted octanol–water partition coefficient (Wildman–Crippen LogP) is 3.16. The first kappa shape index (κ1) is 19.4. The van der Waals surface area contributed by atoms with Crippen LogP contribution in [0.2, 0.25) is 0 Å². The Hall–Kier alpha value is -3.60. The number of aromatic nitrogens is 6. The summed E-state index contributed by atoms with van der Waals surface area (Å²) in [6.07, 6.45) is 1.11. The number of fused-ring (bicyclic) bond motifs is 1. The molecule has 11 heteroatoms. The molecule has 0 fully saturated rings. The molecular weight excluding hydrogens is 411 g/mol. The largest absolute Gasteiger partial charge is 0.415 e. The van der Waals surface area contributed by atoms with Gasteiger partial charge in [0.2, 0.25) is 5.89 Å². The summed E-state index contributed by atoms with van der Waals surface area (Å²) >= 11 is 0. The van der Waals surface area contributed by atoms with E-state index in [-0.39, 0.29) is 23.7 Å². The van der Waals surface area contributed by atoms with Crippen molar-refractivity contribution in [3.8, 4) is 22.7 Å². The van der Waals surface area contributed by atoms with Gasteiger partial charge < -0.3 is 9.73 Å². The summed E-state index contributed by atoms with van der Waals surface area (Å²) in [5.74, 6) is -1.70. The lowest BCUT2D eigenvalue weighted by molar-refractivity contribution is 0.116. The first-order chi connectivity index (χ1) is 15.1. The second kappa shape index (κ2) is 7.91. The summed E-state index contributed by atoms with van der Waals surface area (Å²) < 4.78 is 46.0. The topological polar surface area (TPSA) is 94.5 Å². The molecule has 3 aromatic heterocycles. The van der Waals surface area contributed by atoms with Gasteiger partial charge in [-0.05, 0) is 36.2 Å². The maximum Gasteiger partial charge on any atom is 0.314 e. The number of nitrogens with one attached hydrogen (secondary N) is 1. The van der Waals surface area contributed by atoms with E-state index in [1.165, 1.54) is 22.0 Å². The van der Waals surface area contributed by atoms with Crippen molar-refractivity contribution in [3.05, 3.63) is 65.2 Å². The predicted molar refractivity (Wildman–Crippen MR) is 102 cm³/mol. The second-order valence-corrected chi connectivity index (χ2v) is 7.11. The summed E-state index contributed by atoms with van der Waals surface area (Å²) in [7, 11) is 0. The fourth-order valence-electron chi connectivity index (χ4n) is 3.44. The van der Waals surface area contributed by atoms with E-state index in [4.69, 9.17) is 4.42 Å². The Bertz CT molecular complexity index is 1240. The van der Waals surface area contributed by atoms with Crippen LogP contribution < -0.4 is 5.32 Å². The number of hydrogen-bond donors (Lipinski definition) is 1. The van der Waals surface area contributed by atoms with Crippen molar-refractivity contribution in [2.24, 2.45) is 0 Å². The van der Waals surface area contributed by atoms with E-state index in [0.29, 0.717) is 5.69 Å². The summed E-state index contributed by atoms with van der Waals surface area (Å²) in [5, 5.41) is 18.3. The number of nitrogens with zero attached hydrogens (tertiary/aromatic N) is 6. The van der Waals surface area contributed by atoms with E-state index >= 15 is 0 Å². The lowest BCUT2D eigenvalue weighted by Crippen LogP contribution is -2.23. The van der Waals surface area contributed by atoms with Gasteiger partial charge in [0.1, 0.15) is 11.5 Å². The van der Waals surface area contributed by atoms with Crippen molar-refractivity contribution in [1.29, 1.82) is 0 Å². The molecule has 4 aromatic rings. The molecule has 1 aromatic carbocycles. The van der Waals surface area contributed by atoms with Crippen LogP contribution >= 0.6 is 0 Å². The minimum Gasteiger partial charge on any atom is -0.415 e. The fraction of sp³-hybridized carbons (Fsp3) is 0.250. The molecule has 0 atom stereocenters. The number of rotatable bonds is 5. The maximum atomic E-state index is 14.5. The SMILES string of the molecule is Fc1cc(-c2nnc(C(F)F)o2)cnc1Cn1cc(-c2ccc3c(c2)CNCC3)nn1. The Labute approximate surface area is 174 Å². The molecule has 1 aliphatic rings. The fourth-order valence-corrected chi connectivity index (χ4v) is 3.44. The average Bonchev–Trinajstić information content (AvgIpc) is 3.45. The van der Waals surface area contributed by atoms with Crippen LogP contribution in [0.4, 0.5) is 13.2 Å². The van der Waals surface area contributed by atoms with Gasteiger partial charge in [-0.25, -0.2) is 9.07 Å². The Balaban J connectivity index is 1.34. The number of hydrogen-bond acceptors (Lipinski definition) is 7. The molecule has 5 rings (SSSR count). The van der Waals surface area contributed by atoms with Crippen LogP contribution in [-0.2, 0) is 19.5 Å². The number of alkyl halides is 2. The van der Waals surface area contributed by atoms with Gasteiger partial charge in [0.25, 0.3) is 5.89 Å². The summed E-state index contributed by atoms with van der Waals surface area (Å²) in [6, 6.07) is 7.30. The normalized spacial score (nSPS) is 13.5. The molecule has 0 bridgehead atoms. The smallest absolute Gasteiger partial charge is 0.314 e. The van der Waals surface area contributed by atoms with Crippen LogP contribution in [0.5, 0.6) is 0 Å². The van der Waals surface area contributed by atoms with Crippen molar-refractivity contribution in [3.63, 3.8) is 0 Å². The Morgan fingerprint density at radius 1 is 1.10 bits per heavy atom. The Morgan fingerprint density at radius 3 is 2.81 bits per heavy atom. The zero-order valence-corrected chi connectivity index (χ0v) is 16.1. The van der Waals surface area contributed by atoms with Gasteiger partial charge in [-0.3, -0.25) is 4.98 Å².